The number of rotatable bonds is 7. The topological polar surface area (TPSA) is 69.2 Å². The molecule has 0 atom stereocenters. The van der Waals surface area contributed by atoms with Crippen LogP contribution in [-0.4, -0.2) is 32.9 Å². The smallest absolute Gasteiger partial charge is 0.277 e. The Hall–Kier alpha value is -3.02. The first kappa shape index (κ1) is 18.3. The molecular formula is C19H22N2O4. The summed E-state index contributed by atoms with van der Waals surface area (Å²) in [7, 11) is 3.13. The average Bonchev–Trinajstić information content (AvgIpc) is 2.62. The highest BCUT2D eigenvalue weighted by Crippen LogP contribution is 2.26. The first-order valence-electron chi connectivity index (χ1n) is 7.77. The fourth-order valence-electron chi connectivity index (χ4n) is 2.10. The molecule has 2 rings (SSSR count). The summed E-state index contributed by atoms with van der Waals surface area (Å²) < 4.78 is 15.8. The molecule has 0 aliphatic carbocycles. The van der Waals surface area contributed by atoms with Crippen molar-refractivity contribution in [2.45, 2.75) is 13.8 Å². The van der Waals surface area contributed by atoms with E-state index < -0.39 is 0 Å². The average molecular weight is 342 g/mol. The summed E-state index contributed by atoms with van der Waals surface area (Å²) >= 11 is 0. The Morgan fingerprint density at radius 1 is 1.04 bits per heavy atom. The lowest BCUT2D eigenvalue weighted by Gasteiger charge is -2.08. The quantitative estimate of drug-likeness (QED) is 0.620. The van der Waals surface area contributed by atoms with Crippen LogP contribution in [0, 0.1) is 13.8 Å². The molecule has 0 aromatic heterocycles. The van der Waals surface area contributed by atoms with Crippen molar-refractivity contribution in [2.75, 3.05) is 20.8 Å². The Kier molecular flexibility index (Phi) is 6.39. The second kappa shape index (κ2) is 8.73. The van der Waals surface area contributed by atoms with Gasteiger partial charge < -0.3 is 14.2 Å². The molecule has 6 nitrogen and oxygen atoms in total. The van der Waals surface area contributed by atoms with Gasteiger partial charge in [0.2, 0.25) is 0 Å². The van der Waals surface area contributed by atoms with Crippen molar-refractivity contribution in [3.05, 3.63) is 53.1 Å². The van der Waals surface area contributed by atoms with Crippen molar-refractivity contribution in [1.29, 1.82) is 0 Å². The zero-order chi connectivity index (χ0) is 18.2. The van der Waals surface area contributed by atoms with Crippen molar-refractivity contribution >= 4 is 12.1 Å². The van der Waals surface area contributed by atoms with Crippen molar-refractivity contribution in [3.63, 3.8) is 0 Å². The van der Waals surface area contributed by atoms with Gasteiger partial charge in [-0.15, -0.1) is 0 Å². The summed E-state index contributed by atoms with van der Waals surface area (Å²) in [5, 5.41) is 3.92. The number of nitrogens with zero attached hydrogens (tertiary/aromatic N) is 1. The second-order valence-corrected chi connectivity index (χ2v) is 5.44. The normalized spacial score (nSPS) is 10.6. The monoisotopic (exact) mass is 342 g/mol. The molecule has 6 heteroatoms. The Labute approximate surface area is 147 Å². The highest BCUT2D eigenvalue weighted by molar-refractivity contribution is 5.83. The van der Waals surface area contributed by atoms with E-state index in [2.05, 4.69) is 10.5 Å². The molecule has 0 aliphatic heterocycles. The Balaban J connectivity index is 1.86. The number of benzene rings is 2. The predicted molar refractivity (Wildman–Crippen MR) is 96.7 cm³/mol. The van der Waals surface area contributed by atoms with Gasteiger partial charge in [0.1, 0.15) is 5.75 Å². The highest BCUT2D eigenvalue weighted by atomic mass is 16.5. The van der Waals surface area contributed by atoms with Crippen LogP contribution in [0.25, 0.3) is 0 Å². The molecule has 0 aliphatic rings. The summed E-state index contributed by atoms with van der Waals surface area (Å²) in [4.78, 5) is 11.8. The molecule has 0 radical (unpaired) electrons. The maximum Gasteiger partial charge on any atom is 0.277 e. The molecule has 2 aromatic carbocycles. The lowest BCUT2D eigenvalue weighted by Crippen LogP contribution is -2.24. The predicted octanol–water partition coefficient (Wildman–Crippen LogP) is 2.85. The maximum absolute atomic E-state index is 11.8. The van der Waals surface area contributed by atoms with E-state index in [1.807, 2.05) is 38.1 Å². The molecule has 0 heterocycles. The molecule has 132 valence electrons. The van der Waals surface area contributed by atoms with Gasteiger partial charge >= 0.3 is 0 Å². The van der Waals surface area contributed by atoms with Gasteiger partial charge in [0.15, 0.2) is 18.1 Å². The van der Waals surface area contributed by atoms with Crippen LogP contribution in [0.15, 0.2) is 41.5 Å². The molecule has 0 saturated carbocycles. The number of carbonyl (C=O) groups is 1. The molecule has 2 aromatic rings. The van der Waals surface area contributed by atoms with E-state index in [4.69, 9.17) is 14.2 Å². The number of aryl methyl sites for hydroxylation is 2. The number of ether oxygens (including phenoxy) is 3. The minimum Gasteiger partial charge on any atom is -0.493 e. The van der Waals surface area contributed by atoms with E-state index in [9.17, 15) is 4.79 Å². The lowest BCUT2D eigenvalue weighted by molar-refractivity contribution is -0.123. The fraction of sp³-hybridized carbons (Fsp3) is 0.263. The first-order valence-corrected chi connectivity index (χ1v) is 7.77. The van der Waals surface area contributed by atoms with Gasteiger partial charge in [0.25, 0.3) is 5.91 Å². The van der Waals surface area contributed by atoms with Crippen LogP contribution in [0.5, 0.6) is 17.2 Å². The van der Waals surface area contributed by atoms with Crippen molar-refractivity contribution in [1.82, 2.24) is 5.43 Å². The van der Waals surface area contributed by atoms with E-state index in [0.717, 1.165) is 11.1 Å². The molecule has 1 amide bonds. The van der Waals surface area contributed by atoms with Crippen LogP contribution >= 0.6 is 0 Å². The minimum absolute atomic E-state index is 0.105. The summed E-state index contributed by atoms with van der Waals surface area (Å²) in [5.41, 5.74) is 5.49. The van der Waals surface area contributed by atoms with E-state index in [1.54, 1.807) is 26.4 Å². The highest BCUT2D eigenvalue weighted by Gasteiger charge is 2.04. The number of carbonyl (C=O) groups excluding carboxylic acids is 1. The Morgan fingerprint density at radius 2 is 1.80 bits per heavy atom. The maximum atomic E-state index is 11.8. The van der Waals surface area contributed by atoms with Crippen LogP contribution in [0.4, 0.5) is 0 Å². The first-order chi connectivity index (χ1) is 12.0. The number of hydrogen-bond acceptors (Lipinski definition) is 5. The van der Waals surface area contributed by atoms with Gasteiger partial charge in [-0.05, 0) is 60.9 Å². The SMILES string of the molecule is COc1ccc(/C=N\NC(=O)COc2ccc(C)c(C)c2)cc1OC. The Morgan fingerprint density at radius 3 is 2.48 bits per heavy atom. The number of methoxy groups -OCH3 is 2. The number of hydrazone groups is 1. The molecular weight excluding hydrogens is 320 g/mol. The van der Waals surface area contributed by atoms with Gasteiger partial charge in [-0.1, -0.05) is 6.07 Å². The van der Waals surface area contributed by atoms with E-state index in [1.165, 1.54) is 11.8 Å². The zero-order valence-electron chi connectivity index (χ0n) is 14.8. The van der Waals surface area contributed by atoms with Crippen LogP contribution in [-0.2, 0) is 4.79 Å². The van der Waals surface area contributed by atoms with Gasteiger partial charge in [-0.3, -0.25) is 4.79 Å². The third-order valence-corrected chi connectivity index (χ3v) is 3.66. The van der Waals surface area contributed by atoms with Crippen LogP contribution in [0.3, 0.4) is 0 Å². The molecule has 25 heavy (non-hydrogen) atoms. The Bertz CT molecular complexity index is 772. The van der Waals surface area contributed by atoms with Crippen molar-refractivity contribution < 1.29 is 19.0 Å². The van der Waals surface area contributed by atoms with Gasteiger partial charge in [-0.25, -0.2) is 5.43 Å². The molecule has 0 fully saturated rings. The van der Waals surface area contributed by atoms with Crippen LogP contribution in [0.1, 0.15) is 16.7 Å². The summed E-state index contributed by atoms with van der Waals surface area (Å²) in [6.45, 7) is 3.91. The fourth-order valence-corrected chi connectivity index (χ4v) is 2.10. The van der Waals surface area contributed by atoms with E-state index in [-0.39, 0.29) is 12.5 Å². The summed E-state index contributed by atoms with van der Waals surface area (Å²) in [6.07, 6.45) is 1.52. The van der Waals surface area contributed by atoms with Gasteiger partial charge in [-0.2, -0.15) is 5.10 Å². The van der Waals surface area contributed by atoms with E-state index >= 15 is 0 Å². The summed E-state index contributed by atoms with van der Waals surface area (Å²) in [6, 6.07) is 11.0. The second-order valence-electron chi connectivity index (χ2n) is 5.44. The third-order valence-electron chi connectivity index (χ3n) is 3.66. The molecule has 0 unspecified atom stereocenters. The van der Waals surface area contributed by atoms with Gasteiger partial charge in [0.05, 0.1) is 20.4 Å². The molecule has 1 N–H and O–H groups in total. The molecule has 0 saturated heterocycles. The number of nitrogens with one attached hydrogen (secondary N) is 1. The lowest BCUT2D eigenvalue weighted by atomic mass is 10.1. The minimum atomic E-state index is -0.338. The van der Waals surface area contributed by atoms with Crippen LogP contribution < -0.4 is 19.6 Å². The molecule has 0 bridgehead atoms. The molecule has 0 spiro atoms. The number of hydrogen-bond donors (Lipinski definition) is 1. The van der Waals surface area contributed by atoms with E-state index in [0.29, 0.717) is 17.2 Å². The number of amides is 1. The standard InChI is InChI=1S/C19H22N2O4/c1-13-5-7-16(9-14(13)2)25-12-19(22)21-20-11-15-6-8-17(23-3)18(10-15)24-4/h5-11H,12H2,1-4H3,(H,21,22)/b20-11-. The van der Waals surface area contributed by atoms with Crippen LogP contribution in [0.2, 0.25) is 0 Å². The van der Waals surface area contributed by atoms with Crippen molar-refractivity contribution in [2.24, 2.45) is 5.10 Å². The summed E-state index contributed by atoms with van der Waals surface area (Å²) in [5.74, 6) is 1.54. The van der Waals surface area contributed by atoms with Crippen molar-refractivity contribution in [3.8, 4) is 17.2 Å². The zero-order valence-corrected chi connectivity index (χ0v) is 14.8. The van der Waals surface area contributed by atoms with Gasteiger partial charge in [0, 0.05) is 0 Å². The third kappa shape index (κ3) is 5.24. The largest absolute Gasteiger partial charge is 0.493 e.